The van der Waals surface area contributed by atoms with Crippen LogP contribution in [-0.2, 0) is 4.79 Å². The first-order valence-electron chi connectivity index (χ1n) is 17.3. The molecule has 5 heteroatoms. The lowest BCUT2D eigenvalue weighted by Crippen LogP contribution is -2.45. The molecule has 0 aliphatic rings. The number of allylic oxidation sites excluding steroid dienone is 5. The van der Waals surface area contributed by atoms with Gasteiger partial charge >= 0.3 is 0 Å². The summed E-state index contributed by atoms with van der Waals surface area (Å²) in [6.45, 7) is 4.13. The summed E-state index contributed by atoms with van der Waals surface area (Å²) in [5, 5.41) is 32.8. The highest BCUT2D eigenvalue weighted by Crippen LogP contribution is 2.12. The summed E-state index contributed by atoms with van der Waals surface area (Å²) < 4.78 is 0. The molecule has 0 rings (SSSR count). The van der Waals surface area contributed by atoms with E-state index in [1.165, 1.54) is 96.3 Å². The average Bonchev–Trinajstić information content (AvgIpc) is 2.96. The Morgan fingerprint density at radius 1 is 0.610 bits per heavy atom. The summed E-state index contributed by atoms with van der Waals surface area (Å²) in [6, 6.07) is -0.762. The minimum absolute atomic E-state index is 0.00259. The molecular formula is C36H67NO4. The van der Waals surface area contributed by atoms with Gasteiger partial charge in [0.05, 0.1) is 31.3 Å². The first kappa shape index (κ1) is 39.6. The topological polar surface area (TPSA) is 89.8 Å². The van der Waals surface area contributed by atoms with Crippen LogP contribution >= 0.6 is 0 Å². The van der Waals surface area contributed by atoms with Gasteiger partial charge in [-0.3, -0.25) is 4.79 Å². The van der Waals surface area contributed by atoms with Crippen molar-refractivity contribution in [3.63, 3.8) is 0 Å². The van der Waals surface area contributed by atoms with Crippen LogP contribution in [0.1, 0.15) is 162 Å². The third-order valence-electron chi connectivity index (χ3n) is 7.66. The molecule has 0 aromatic carbocycles. The van der Waals surface area contributed by atoms with E-state index in [1.807, 2.05) is 6.08 Å². The summed E-state index contributed by atoms with van der Waals surface area (Å²) in [7, 11) is 0. The molecule has 4 N–H and O–H groups in total. The van der Waals surface area contributed by atoms with Crippen molar-refractivity contribution in [1.29, 1.82) is 0 Å². The highest BCUT2D eigenvalue weighted by atomic mass is 16.3. The second-order valence-electron chi connectivity index (χ2n) is 11.8. The van der Waals surface area contributed by atoms with Gasteiger partial charge in [-0.25, -0.2) is 0 Å². The standard InChI is InChI=1S/C36H67NO4/c1-3-5-7-9-11-13-14-15-16-17-18-19-20-21-22-24-26-28-30-35(40)34(32-38)37-36(41)31-33(39)29-27-25-23-12-10-8-6-4-2/h17-18,21-22,28,30,33-35,38-40H,3-16,19-20,23-27,29,31-32H2,1-2H3,(H,37,41)/b18-17+,22-21+,30-28+. The van der Waals surface area contributed by atoms with Crippen LogP contribution in [0.25, 0.3) is 0 Å². The average molecular weight is 578 g/mol. The maximum atomic E-state index is 12.3. The van der Waals surface area contributed by atoms with Gasteiger partial charge in [-0.2, -0.15) is 0 Å². The number of hydrogen-bond acceptors (Lipinski definition) is 4. The van der Waals surface area contributed by atoms with Crippen LogP contribution in [0.2, 0.25) is 0 Å². The Morgan fingerprint density at radius 2 is 1.05 bits per heavy atom. The first-order chi connectivity index (χ1) is 20.0. The van der Waals surface area contributed by atoms with Crippen LogP contribution in [-0.4, -0.2) is 46.1 Å². The summed E-state index contributed by atoms with van der Waals surface area (Å²) in [5.74, 6) is -0.335. The lowest BCUT2D eigenvalue weighted by atomic mass is 10.0. The van der Waals surface area contributed by atoms with Gasteiger partial charge in [0.2, 0.25) is 5.91 Å². The van der Waals surface area contributed by atoms with Crippen LogP contribution in [0.15, 0.2) is 36.5 Å². The van der Waals surface area contributed by atoms with Crippen molar-refractivity contribution in [3.8, 4) is 0 Å². The Bertz CT molecular complexity index is 645. The van der Waals surface area contributed by atoms with Crippen LogP contribution in [0.3, 0.4) is 0 Å². The number of hydrogen-bond donors (Lipinski definition) is 4. The van der Waals surface area contributed by atoms with E-state index in [4.69, 9.17) is 0 Å². The van der Waals surface area contributed by atoms with E-state index < -0.39 is 18.2 Å². The Balaban J connectivity index is 3.84. The zero-order valence-electron chi connectivity index (χ0n) is 26.9. The van der Waals surface area contributed by atoms with E-state index in [-0.39, 0.29) is 18.9 Å². The fourth-order valence-electron chi connectivity index (χ4n) is 4.96. The fourth-order valence-corrected chi connectivity index (χ4v) is 4.96. The number of aliphatic hydroxyl groups is 3. The van der Waals surface area contributed by atoms with E-state index in [9.17, 15) is 20.1 Å². The van der Waals surface area contributed by atoms with Crippen LogP contribution in [0, 0.1) is 0 Å². The molecule has 5 nitrogen and oxygen atoms in total. The maximum absolute atomic E-state index is 12.3. The lowest BCUT2D eigenvalue weighted by Gasteiger charge is -2.21. The molecular weight excluding hydrogens is 510 g/mol. The molecule has 0 bridgehead atoms. The van der Waals surface area contributed by atoms with E-state index in [0.29, 0.717) is 6.42 Å². The third kappa shape index (κ3) is 28.5. The Morgan fingerprint density at radius 3 is 1.56 bits per heavy atom. The zero-order valence-corrected chi connectivity index (χ0v) is 26.9. The molecule has 0 radical (unpaired) electrons. The molecule has 0 aromatic rings. The number of rotatable bonds is 30. The molecule has 0 saturated heterocycles. The van der Waals surface area contributed by atoms with E-state index >= 15 is 0 Å². The fraction of sp³-hybridized carbons (Fsp3) is 0.806. The van der Waals surface area contributed by atoms with Gasteiger partial charge in [0.15, 0.2) is 0 Å². The second kappa shape index (κ2) is 31.5. The Kier molecular flexibility index (Phi) is 30.4. The van der Waals surface area contributed by atoms with Crippen LogP contribution in [0.5, 0.6) is 0 Å². The summed E-state index contributed by atoms with van der Waals surface area (Å²) in [5.41, 5.74) is 0. The van der Waals surface area contributed by atoms with Gasteiger partial charge in [0.1, 0.15) is 0 Å². The monoisotopic (exact) mass is 578 g/mol. The molecule has 0 heterocycles. The van der Waals surface area contributed by atoms with Gasteiger partial charge in [-0.15, -0.1) is 0 Å². The van der Waals surface area contributed by atoms with Gasteiger partial charge in [-0.05, 0) is 44.9 Å². The normalized spacial score (nSPS) is 14.4. The van der Waals surface area contributed by atoms with Crippen molar-refractivity contribution in [2.75, 3.05) is 6.61 Å². The molecule has 240 valence electrons. The third-order valence-corrected chi connectivity index (χ3v) is 7.66. The second-order valence-corrected chi connectivity index (χ2v) is 11.8. The number of carbonyl (C=O) groups is 1. The SMILES string of the molecule is CCCCCCCCCC/C=C/CC/C=C/CC/C=C/C(O)C(CO)NC(=O)CC(O)CCCCCCCCCC. The van der Waals surface area contributed by atoms with Crippen LogP contribution in [0.4, 0.5) is 0 Å². The Hall–Kier alpha value is -1.43. The smallest absolute Gasteiger partial charge is 0.222 e. The van der Waals surface area contributed by atoms with Crippen molar-refractivity contribution >= 4 is 5.91 Å². The highest BCUT2D eigenvalue weighted by Gasteiger charge is 2.20. The quantitative estimate of drug-likeness (QED) is 0.0507. The summed E-state index contributed by atoms with van der Waals surface area (Å²) in [4.78, 5) is 12.3. The first-order valence-corrected chi connectivity index (χ1v) is 17.3. The molecule has 0 aliphatic carbocycles. The van der Waals surface area contributed by atoms with Crippen LogP contribution < -0.4 is 5.32 Å². The van der Waals surface area contributed by atoms with Crippen molar-refractivity contribution in [3.05, 3.63) is 36.5 Å². The predicted molar refractivity (Wildman–Crippen MR) is 176 cm³/mol. The molecule has 3 atom stereocenters. The molecule has 3 unspecified atom stereocenters. The lowest BCUT2D eigenvalue weighted by molar-refractivity contribution is -0.124. The van der Waals surface area contributed by atoms with E-state index in [0.717, 1.165) is 38.5 Å². The zero-order chi connectivity index (χ0) is 30.2. The minimum Gasteiger partial charge on any atom is -0.394 e. The van der Waals surface area contributed by atoms with Gasteiger partial charge in [0, 0.05) is 0 Å². The van der Waals surface area contributed by atoms with Crippen molar-refractivity contribution < 1.29 is 20.1 Å². The van der Waals surface area contributed by atoms with Crippen molar-refractivity contribution in [1.82, 2.24) is 5.32 Å². The number of amides is 1. The summed E-state index contributed by atoms with van der Waals surface area (Å²) >= 11 is 0. The van der Waals surface area contributed by atoms with E-state index in [1.54, 1.807) is 6.08 Å². The maximum Gasteiger partial charge on any atom is 0.222 e. The van der Waals surface area contributed by atoms with E-state index in [2.05, 4.69) is 43.5 Å². The molecule has 0 aliphatic heterocycles. The van der Waals surface area contributed by atoms with Crippen molar-refractivity contribution in [2.24, 2.45) is 0 Å². The molecule has 0 fully saturated rings. The number of aliphatic hydroxyl groups excluding tert-OH is 3. The Labute approximate surface area is 254 Å². The number of carbonyl (C=O) groups excluding carboxylic acids is 1. The largest absolute Gasteiger partial charge is 0.394 e. The summed E-state index contributed by atoms with van der Waals surface area (Å²) in [6.07, 6.45) is 37.0. The molecule has 1 amide bonds. The molecule has 41 heavy (non-hydrogen) atoms. The number of nitrogens with one attached hydrogen (secondary N) is 1. The van der Waals surface area contributed by atoms with Gasteiger partial charge in [0.25, 0.3) is 0 Å². The molecule has 0 saturated carbocycles. The number of unbranched alkanes of at least 4 members (excludes halogenated alkanes) is 17. The molecule has 0 aromatic heterocycles. The van der Waals surface area contributed by atoms with Gasteiger partial charge in [-0.1, -0.05) is 147 Å². The predicted octanol–water partition coefficient (Wildman–Crippen LogP) is 8.87. The van der Waals surface area contributed by atoms with Gasteiger partial charge < -0.3 is 20.6 Å². The highest BCUT2D eigenvalue weighted by molar-refractivity contribution is 5.76. The minimum atomic E-state index is -0.955. The molecule has 0 spiro atoms. The van der Waals surface area contributed by atoms with Crippen molar-refractivity contribution in [2.45, 2.75) is 180 Å².